The second kappa shape index (κ2) is 13.2. The van der Waals surface area contributed by atoms with Gasteiger partial charge < -0.3 is 4.74 Å². The van der Waals surface area contributed by atoms with Crippen LogP contribution in [0.5, 0.6) is 5.75 Å². The summed E-state index contributed by atoms with van der Waals surface area (Å²) in [5.41, 5.74) is 0.674. The van der Waals surface area contributed by atoms with Crippen molar-refractivity contribution in [3.63, 3.8) is 0 Å². The smallest absolute Gasteiger partial charge is 0.250 e. The van der Waals surface area contributed by atoms with Crippen LogP contribution in [0.2, 0.25) is 0 Å². The fourth-order valence-electron chi connectivity index (χ4n) is 3.76. The van der Waals surface area contributed by atoms with Crippen LogP contribution in [0.4, 0.5) is 0 Å². The Kier molecular flexibility index (Phi) is 10.8. The first-order chi connectivity index (χ1) is 16.6. The summed E-state index contributed by atoms with van der Waals surface area (Å²) in [7, 11) is 0. The quantitative estimate of drug-likeness (QED) is 0.163. The molecule has 0 bridgehead atoms. The first kappa shape index (κ1) is 28.8. The third-order valence-corrected chi connectivity index (χ3v) is 6.54. The maximum Gasteiger partial charge on any atom is 0.250 e. The maximum absolute atomic E-state index is 6.13. The Morgan fingerprint density at radius 2 is 1.20 bits per heavy atom. The lowest BCUT2D eigenvalue weighted by Crippen LogP contribution is -2.16. The van der Waals surface area contributed by atoms with Gasteiger partial charge in [0.1, 0.15) is 5.75 Å². The zero-order valence-electron chi connectivity index (χ0n) is 19.3. The summed E-state index contributed by atoms with van der Waals surface area (Å²) in [6.45, 7) is 2.89. The summed E-state index contributed by atoms with van der Waals surface area (Å²) in [6.07, 6.45) is 9.95. The number of alkyl halides is 6. The average Bonchev–Trinajstić information content (AvgIpc) is 2.81. The van der Waals surface area contributed by atoms with Crippen molar-refractivity contribution in [2.45, 2.75) is 65.9 Å². The molecule has 3 aromatic rings. The molecule has 10 heteroatoms. The van der Waals surface area contributed by atoms with Crippen LogP contribution in [0.25, 0.3) is 22.2 Å². The van der Waals surface area contributed by atoms with E-state index in [4.69, 9.17) is 74.3 Å². The van der Waals surface area contributed by atoms with Crippen LogP contribution in [0.1, 0.15) is 69.9 Å². The van der Waals surface area contributed by atoms with Gasteiger partial charge >= 0.3 is 0 Å². The highest BCUT2D eigenvalue weighted by atomic mass is 35.6. The van der Waals surface area contributed by atoms with E-state index in [0.29, 0.717) is 12.2 Å². The van der Waals surface area contributed by atoms with E-state index in [0.717, 1.165) is 29.4 Å². The number of benzene rings is 2. The minimum absolute atomic E-state index is 0.132. The van der Waals surface area contributed by atoms with E-state index in [9.17, 15) is 0 Å². The Morgan fingerprint density at radius 1 is 0.657 bits per heavy atom. The molecule has 0 aliphatic heterocycles. The van der Waals surface area contributed by atoms with Gasteiger partial charge in [-0.2, -0.15) is 0 Å². The van der Waals surface area contributed by atoms with Gasteiger partial charge in [0.25, 0.3) is 0 Å². The van der Waals surface area contributed by atoms with E-state index < -0.39 is 7.59 Å². The molecule has 4 nitrogen and oxygen atoms in total. The standard InChI is InChI=1S/C25H27Cl6N3O/c1-2-3-4-5-6-7-8-11-16-35-20-15-14-19(17-12-9-10-13-18(17)20)21-32-22(24(26,27)28)34-23(33-21)25(29,30)31/h9-10,12-15H,2-8,11,16H2,1H3. The molecule has 190 valence electrons. The molecule has 0 unspecified atom stereocenters. The van der Waals surface area contributed by atoms with E-state index in [1.807, 2.05) is 36.4 Å². The first-order valence-electron chi connectivity index (χ1n) is 11.7. The lowest BCUT2D eigenvalue weighted by atomic mass is 10.0. The Morgan fingerprint density at radius 3 is 1.77 bits per heavy atom. The van der Waals surface area contributed by atoms with Crippen LogP contribution < -0.4 is 4.74 Å². The lowest BCUT2D eigenvalue weighted by molar-refractivity contribution is 0.307. The first-order valence-corrected chi connectivity index (χ1v) is 13.9. The molecule has 0 aliphatic rings. The van der Waals surface area contributed by atoms with E-state index in [1.165, 1.54) is 38.5 Å². The highest BCUT2D eigenvalue weighted by Gasteiger charge is 2.34. The van der Waals surface area contributed by atoms with Crippen LogP contribution in [0, 0.1) is 0 Å². The number of nitrogens with zero attached hydrogens (tertiary/aromatic N) is 3. The second-order valence-corrected chi connectivity index (χ2v) is 12.8. The molecular weight excluding hydrogens is 571 g/mol. The van der Waals surface area contributed by atoms with Gasteiger partial charge in [-0.15, -0.1) is 0 Å². The van der Waals surface area contributed by atoms with Crippen LogP contribution in [0.15, 0.2) is 36.4 Å². The molecule has 0 radical (unpaired) electrons. The Bertz CT molecular complexity index is 1080. The van der Waals surface area contributed by atoms with Crippen molar-refractivity contribution in [2.75, 3.05) is 6.61 Å². The summed E-state index contributed by atoms with van der Waals surface area (Å²) in [5.74, 6) is 0.749. The number of aromatic nitrogens is 3. The summed E-state index contributed by atoms with van der Waals surface area (Å²) >= 11 is 36.2. The Balaban J connectivity index is 1.81. The molecule has 1 heterocycles. The Hall–Kier alpha value is -0.750. The molecule has 0 saturated heterocycles. The van der Waals surface area contributed by atoms with E-state index >= 15 is 0 Å². The highest BCUT2D eigenvalue weighted by Crippen LogP contribution is 2.42. The molecule has 35 heavy (non-hydrogen) atoms. The van der Waals surface area contributed by atoms with E-state index in [-0.39, 0.29) is 17.5 Å². The maximum atomic E-state index is 6.13. The van der Waals surface area contributed by atoms with Crippen molar-refractivity contribution in [1.82, 2.24) is 15.0 Å². The molecule has 2 aromatic carbocycles. The van der Waals surface area contributed by atoms with Gasteiger partial charge in [0.2, 0.25) is 7.59 Å². The van der Waals surface area contributed by atoms with Gasteiger partial charge in [-0.05, 0) is 23.9 Å². The molecule has 0 atom stereocenters. The van der Waals surface area contributed by atoms with Crippen LogP contribution in [0.3, 0.4) is 0 Å². The number of hydrogen-bond acceptors (Lipinski definition) is 4. The normalized spacial score (nSPS) is 12.3. The lowest BCUT2D eigenvalue weighted by Gasteiger charge is -2.17. The van der Waals surface area contributed by atoms with Crippen molar-refractivity contribution >= 4 is 80.4 Å². The molecule has 0 fully saturated rings. The number of rotatable bonds is 11. The van der Waals surface area contributed by atoms with Gasteiger partial charge in [0, 0.05) is 10.9 Å². The fraction of sp³-hybridized carbons (Fsp3) is 0.480. The SMILES string of the molecule is CCCCCCCCCCOc1ccc(-c2nc(C(Cl)(Cl)Cl)nc(C(Cl)(Cl)Cl)n2)c2ccccc12. The van der Waals surface area contributed by atoms with E-state index in [1.54, 1.807) is 0 Å². The van der Waals surface area contributed by atoms with Gasteiger partial charge in [0.15, 0.2) is 17.5 Å². The summed E-state index contributed by atoms with van der Waals surface area (Å²) in [4.78, 5) is 12.8. The van der Waals surface area contributed by atoms with Crippen molar-refractivity contribution in [1.29, 1.82) is 0 Å². The van der Waals surface area contributed by atoms with Crippen LogP contribution in [-0.2, 0) is 7.59 Å². The fourth-order valence-corrected chi connectivity index (χ4v) is 4.27. The number of unbranched alkanes of at least 4 members (excludes halogenated alkanes) is 7. The third kappa shape index (κ3) is 8.38. The largest absolute Gasteiger partial charge is 0.493 e. The molecule has 0 spiro atoms. The molecule has 0 N–H and O–H groups in total. The molecule has 3 rings (SSSR count). The van der Waals surface area contributed by atoms with Crippen LogP contribution in [-0.4, -0.2) is 21.6 Å². The molecule has 1 aromatic heterocycles. The zero-order chi connectivity index (χ0) is 25.5. The average molecular weight is 598 g/mol. The van der Waals surface area contributed by atoms with Gasteiger partial charge in [-0.1, -0.05) is 146 Å². The van der Waals surface area contributed by atoms with Gasteiger partial charge in [0.05, 0.1) is 6.61 Å². The summed E-state index contributed by atoms with van der Waals surface area (Å²) in [6, 6.07) is 11.5. The Labute approximate surface area is 236 Å². The van der Waals surface area contributed by atoms with Gasteiger partial charge in [-0.25, -0.2) is 15.0 Å². The van der Waals surface area contributed by atoms with Crippen LogP contribution >= 0.6 is 69.6 Å². The second-order valence-electron chi connectivity index (χ2n) is 8.28. The van der Waals surface area contributed by atoms with Crippen molar-refractivity contribution in [3.05, 3.63) is 48.0 Å². The molecule has 0 saturated carbocycles. The zero-order valence-corrected chi connectivity index (χ0v) is 23.9. The molecule has 0 amide bonds. The van der Waals surface area contributed by atoms with Gasteiger partial charge in [-0.3, -0.25) is 0 Å². The van der Waals surface area contributed by atoms with Crippen molar-refractivity contribution < 1.29 is 4.74 Å². The number of halogens is 6. The topological polar surface area (TPSA) is 47.9 Å². The molecule has 0 aliphatic carbocycles. The number of hydrogen-bond donors (Lipinski definition) is 0. The van der Waals surface area contributed by atoms with Crippen molar-refractivity contribution in [3.8, 4) is 17.1 Å². The monoisotopic (exact) mass is 595 g/mol. The summed E-state index contributed by atoms with van der Waals surface area (Å²) in [5, 5.41) is 1.77. The summed E-state index contributed by atoms with van der Waals surface area (Å²) < 4.78 is 2.29. The number of fused-ring (bicyclic) bond motifs is 1. The van der Waals surface area contributed by atoms with E-state index in [2.05, 4.69) is 21.9 Å². The minimum atomic E-state index is -1.92. The van der Waals surface area contributed by atoms with Crippen molar-refractivity contribution in [2.24, 2.45) is 0 Å². The minimum Gasteiger partial charge on any atom is -0.493 e. The predicted molar refractivity (Wildman–Crippen MR) is 149 cm³/mol. The predicted octanol–water partition coefficient (Wildman–Crippen LogP) is 9.86. The highest BCUT2D eigenvalue weighted by molar-refractivity contribution is 6.67. The third-order valence-electron chi connectivity index (χ3n) is 5.52. The number of ether oxygens (including phenoxy) is 1. The molecular formula is C25H27Cl6N3O.